The van der Waals surface area contributed by atoms with Crippen LogP contribution in [-0.4, -0.2) is 75.1 Å². The predicted octanol–water partition coefficient (Wildman–Crippen LogP) is 15.7. The normalized spacial score (nSPS) is 22.6. The Hall–Kier alpha value is -2.48. The lowest BCUT2D eigenvalue weighted by Gasteiger charge is -2.46. The molecule has 7 nitrogen and oxygen atoms in total. The van der Waals surface area contributed by atoms with Crippen molar-refractivity contribution in [2.24, 2.45) is 17.3 Å². The van der Waals surface area contributed by atoms with E-state index in [1.807, 2.05) is 0 Å². The van der Waals surface area contributed by atoms with Gasteiger partial charge in [-0.15, -0.1) is 0 Å². The standard InChI is InChI=1S/C59H101NO6/c1-4-7-10-12-14-16-18-20-22-24-26-28-30-32-34-37-48-63-51-54(64-49-38-35-33-31-29-27-25-23-21-19-17-15-13-11-8-5-2)52-65-57(61)50-53-40-41-56(55(53)39-36-9-6-3)66-58(62)59-42-45-60(46-43-59)47-44-59/h9,14-17,20-23,36,53-56H,4-8,10-13,18-19,24-35,37-52H2,1-3H3/b16-14-,17-15-,22-20-,23-21-,36-9-. The van der Waals surface area contributed by atoms with E-state index in [1.54, 1.807) is 0 Å². The molecule has 7 heteroatoms. The fourth-order valence-electron chi connectivity index (χ4n) is 10.0. The molecule has 3 saturated heterocycles. The number of fused-ring (bicyclic) bond motifs is 3. The van der Waals surface area contributed by atoms with Crippen LogP contribution in [0.4, 0.5) is 0 Å². The van der Waals surface area contributed by atoms with E-state index in [9.17, 15) is 9.59 Å². The molecule has 3 heterocycles. The van der Waals surface area contributed by atoms with E-state index in [2.05, 4.69) is 86.4 Å². The summed E-state index contributed by atoms with van der Waals surface area (Å²) in [5, 5.41) is 0. The SMILES string of the molecule is CC/C=C\CC1C(CC(=O)OCC(COCCCCCCCC/C=C\C/C=C\CCCCC)OCCCCCCCC/C=C\C/C=C\CCCCC)CCC1OC(=O)C12CCN(CC1)CC2. The number of unbranched alkanes of at least 4 members (excludes halogenated alkanes) is 18. The van der Waals surface area contributed by atoms with Crippen molar-refractivity contribution < 1.29 is 28.5 Å². The molecule has 0 spiro atoms. The van der Waals surface area contributed by atoms with Crippen molar-refractivity contribution in [1.82, 2.24) is 4.90 Å². The smallest absolute Gasteiger partial charge is 0.312 e. The summed E-state index contributed by atoms with van der Waals surface area (Å²) in [7, 11) is 0. The Morgan fingerprint density at radius 2 is 1.09 bits per heavy atom. The molecule has 0 N–H and O–H groups in total. The van der Waals surface area contributed by atoms with Gasteiger partial charge in [0.2, 0.25) is 0 Å². The van der Waals surface area contributed by atoms with E-state index in [-0.39, 0.29) is 48.0 Å². The fourth-order valence-corrected chi connectivity index (χ4v) is 10.0. The topological polar surface area (TPSA) is 74.3 Å². The van der Waals surface area contributed by atoms with Crippen molar-refractivity contribution in [2.45, 2.75) is 238 Å². The monoisotopic (exact) mass is 920 g/mol. The Bertz CT molecular complexity index is 1330. The fraction of sp³-hybridized carbons (Fsp3) is 0.797. The van der Waals surface area contributed by atoms with Crippen molar-refractivity contribution >= 4 is 11.9 Å². The van der Waals surface area contributed by atoms with Crippen LogP contribution in [0.1, 0.15) is 226 Å². The molecule has 4 rings (SSSR count). The minimum atomic E-state index is -0.308. The molecule has 0 aromatic heterocycles. The van der Waals surface area contributed by atoms with E-state index in [4.69, 9.17) is 18.9 Å². The summed E-state index contributed by atoms with van der Waals surface area (Å²) >= 11 is 0. The minimum absolute atomic E-state index is 0.00907. The average Bonchev–Trinajstić information content (AvgIpc) is 3.70. The number of nitrogens with zero attached hydrogens (tertiary/aromatic N) is 1. The Labute approximate surface area is 406 Å². The van der Waals surface area contributed by atoms with Crippen LogP contribution in [0.15, 0.2) is 60.8 Å². The second-order valence-corrected chi connectivity index (χ2v) is 20.1. The Kier molecular flexibility index (Phi) is 34.5. The third-order valence-electron chi connectivity index (χ3n) is 14.5. The van der Waals surface area contributed by atoms with Gasteiger partial charge in [0.15, 0.2) is 0 Å². The van der Waals surface area contributed by atoms with E-state index in [0.717, 1.165) is 96.7 Å². The van der Waals surface area contributed by atoms with Crippen molar-refractivity contribution in [3.63, 3.8) is 0 Å². The Morgan fingerprint density at radius 1 is 0.576 bits per heavy atom. The van der Waals surface area contributed by atoms with Crippen molar-refractivity contribution in [1.29, 1.82) is 0 Å². The molecule has 4 aliphatic rings. The summed E-state index contributed by atoms with van der Waals surface area (Å²) in [5.41, 5.74) is -0.308. The van der Waals surface area contributed by atoms with Gasteiger partial charge >= 0.3 is 11.9 Å². The van der Waals surface area contributed by atoms with Crippen LogP contribution in [-0.2, 0) is 28.5 Å². The first-order valence-corrected chi connectivity index (χ1v) is 28.0. The molecule has 378 valence electrons. The molecule has 0 aromatic carbocycles. The van der Waals surface area contributed by atoms with Crippen LogP contribution in [0, 0.1) is 17.3 Å². The van der Waals surface area contributed by atoms with Gasteiger partial charge < -0.3 is 23.8 Å². The molecule has 4 fully saturated rings. The maximum atomic E-state index is 13.7. The number of ether oxygens (including phenoxy) is 4. The van der Waals surface area contributed by atoms with Gasteiger partial charge in [0.25, 0.3) is 0 Å². The highest BCUT2D eigenvalue weighted by Gasteiger charge is 2.48. The van der Waals surface area contributed by atoms with Gasteiger partial charge in [-0.1, -0.05) is 159 Å². The number of piperidine rings is 3. The van der Waals surface area contributed by atoms with E-state index >= 15 is 0 Å². The lowest BCUT2D eigenvalue weighted by Crippen LogP contribution is -2.53. The minimum Gasteiger partial charge on any atom is -0.463 e. The lowest BCUT2D eigenvalue weighted by atomic mass is 9.72. The third kappa shape index (κ3) is 26.9. The van der Waals surface area contributed by atoms with E-state index < -0.39 is 0 Å². The van der Waals surface area contributed by atoms with Crippen LogP contribution in [0.5, 0.6) is 0 Å². The van der Waals surface area contributed by atoms with Gasteiger partial charge in [-0.05, 0) is 148 Å². The van der Waals surface area contributed by atoms with Crippen LogP contribution < -0.4 is 0 Å². The lowest BCUT2D eigenvalue weighted by molar-refractivity contribution is -0.171. The predicted molar refractivity (Wildman–Crippen MR) is 278 cm³/mol. The van der Waals surface area contributed by atoms with Crippen molar-refractivity contribution in [3.8, 4) is 0 Å². The summed E-state index contributed by atoms with van der Waals surface area (Å²) in [5.74, 6) is 0.106. The molecule has 0 amide bonds. The number of allylic oxidation sites excluding steroid dienone is 10. The molecule has 0 radical (unpaired) electrons. The average molecular weight is 920 g/mol. The van der Waals surface area contributed by atoms with Gasteiger partial charge in [-0.2, -0.15) is 0 Å². The summed E-state index contributed by atoms with van der Waals surface area (Å²) < 4.78 is 24.9. The molecule has 3 aliphatic heterocycles. The third-order valence-corrected chi connectivity index (χ3v) is 14.5. The van der Waals surface area contributed by atoms with E-state index in [0.29, 0.717) is 26.2 Å². The van der Waals surface area contributed by atoms with Gasteiger partial charge in [0.1, 0.15) is 18.8 Å². The highest BCUT2D eigenvalue weighted by molar-refractivity contribution is 5.77. The highest BCUT2D eigenvalue weighted by atomic mass is 16.6. The maximum absolute atomic E-state index is 13.7. The van der Waals surface area contributed by atoms with Gasteiger partial charge in [0, 0.05) is 25.6 Å². The molecular weight excluding hydrogens is 819 g/mol. The van der Waals surface area contributed by atoms with Crippen molar-refractivity contribution in [2.75, 3.05) is 46.1 Å². The zero-order valence-electron chi connectivity index (χ0n) is 43.1. The van der Waals surface area contributed by atoms with Gasteiger partial charge in [-0.3, -0.25) is 9.59 Å². The quantitative estimate of drug-likeness (QED) is 0.0343. The summed E-state index contributed by atoms with van der Waals surface area (Å²) in [6.07, 6.45) is 58.5. The molecule has 1 saturated carbocycles. The number of hydrogen-bond acceptors (Lipinski definition) is 7. The Morgan fingerprint density at radius 3 is 1.64 bits per heavy atom. The Balaban J connectivity index is 1.36. The first kappa shape index (κ1) is 57.8. The maximum Gasteiger partial charge on any atom is 0.312 e. The number of carbonyl (C=O) groups is 2. The molecule has 2 bridgehead atoms. The first-order valence-electron chi connectivity index (χ1n) is 28.0. The molecule has 4 atom stereocenters. The van der Waals surface area contributed by atoms with Crippen molar-refractivity contribution in [3.05, 3.63) is 60.8 Å². The molecule has 0 aromatic rings. The van der Waals surface area contributed by atoms with Crippen LogP contribution >= 0.6 is 0 Å². The highest BCUT2D eigenvalue weighted by Crippen LogP contribution is 2.44. The second-order valence-electron chi connectivity index (χ2n) is 20.1. The number of rotatable bonds is 42. The zero-order valence-corrected chi connectivity index (χ0v) is 43.1. The van der Waals surface area contributed by atoms with Gasteiger partial charge in [0.05, 0.1) is 12.0 Å². The largest absolute Gasteiger partial charge is 0.463 e. The molecular formula is C59H101NO6. The zero-order chi connectivity index (χ0) is 47.0. The molecule has 1 aliphatic carbocycles. The second kappa shape index (κ2) is 39.4. The molecule has 4 unspecified atom stereocenters. The number of esters is 2. The van der Waals surface area contributed by atoms with Crippen LogP contribution in [0.3, 0.4) is 0 Å². The number of hydrogen-bond donors (Lipinski definition) is 0. The first-order chi connectivity index (χ1) is 32.5. The van der Waals surface area contributed by atoms with Crippen LogP contribution in [0.25, 0.3) is 0 Å². The summed E-state index contributed by atoms with van der Waals surface area (Å²) in [6.45, 7) is 11.7. The molecule has 66 heavy (non-hydrogen) atoms. The summed E-state index contributed by atoms with van der Waals surface area (Å²) in [6, 6.07) is 0. The van der Waals surface area contributed by atoms with E-state index in [1.165, 1.54) is 122 Å². The van der Waals surface area contributed by atoms with Gasteiger partial charge in [-0.25, -0.2) is 0 Å². The summed E-state index contributed by atoms with van der Waals surface area (Å²) in [4.78, 5) is 29.6. The van der Waals surface area contributed by atoms with Crippen LogP contribution in [0.2, 0.25) is 0 Å². The number of carbonyl (C=O) groups excluding carboxylic acids is 2.